The summed E-state index contributed by atoms with van der Waals surface area (Å²) in [6.45, 7) is 1.89. The molecule has 1 atom stereocenters. The summed E-state index contributed by atoms with van der Waals surface area (Å²) < 4.78 is 6.62. The molecule has 0 saturated carbocycles. The average Bonchev–Trinajstić information content (AvgIpc) is 2.34. The fraction of sp³-hybridized carbons (Fsp3) is 0.571. The molecule has 17 heavy (non-hydrogen) atoms. The van der Waals surface area contributed by atoms with Gasteiger partial charge in [0.15, 0.2) is 0 Å². The molecule has 94 valence electrons. The summed E-state index contributed by atoms with van der Waals surface area (Å²) >= 11 is 3.63. The fourth-order valence-corrected chi connectivity index (χ4v) is 3.06. The van der Waals surface area contributed by atoms with Crippen molar-refractivity contribution in [2.24, 2.45) is 0 Å². The van der Waals surface area contributed by atoms with Gasteiger partial charge in [0.2, 0.25) is 0 Å². The first-order valence-electron chi connectivity index (χ1n) is 6.23. The van der Waals surface area contributed by atoms with Gasteiger partial charge in [-0.1, -0.05) is 40.5 Å². The average molecular weight is 298 g/mol. The smallest absolute Gasteiger partial charge is 0.0647 e. The van der Waals surface area contributed by atoms with Gasteiger partial charge in [0.25, 0.3) is 0 Å². The first-order chi connectivity index (χ1) is 8.26. The molecule has 1 heterocycles. The first-order valence-corrected chi connectivity index (χ1v) is 7.02. The van der Waals surface area contributed by atoms with Gasteiger partial charge in [0.1, 0.15) is 0 Å². The van der Waals surface area contributed by atoms with Crippen LogP contribution in [-0.4, -0.2) is 25.8 Å². The van der Waals surface area contributed by atoms with Gasteiger partial charge in [0, 0.05) is 17.1 Å². The van der Waals surface area contributed by atoms with Gasteiger partial charge < -0.3 is 10.1 Å². The Balaban J connectivity index is 2.14. The number of methoxy groups -OCH3 is 1. The molecule has 0 spiro atoms. The van der Waals surface area contributed by atoms with Crippen LogP contribution in [0.4, 0.5) is 0 Å². The Morgan fingerprint density at radius 2 is 2.18 bits per heavy atom. The molecule has 0 aliphatic carbocycles. The Morgan fingerprint density at radius 3 is 2.82 bits per heavy atom. The lowest BCUT2D eigenvalue weighted by atomic mass is 9.84. The van der Waals surface area contributed by atoms with Crippen molar-refractivity contribution in [2.45, 2.75) is 31.2 Å². The van der Waals surface area contributed by atoms with Crippen molar-refractivity contribution < 1.29 is 4.74 Å². The normalized spacial score (nSPS) is 24.8. The van der Waals surface area contributed by atoms with E-state index in [4.69, 9.17) is 4.74 Å². The van der Waals surface area contributed by atoms with E-state index in [1.165, 1.54) is 29.3 Å². The van der Waals surface area contributed by atoms with Crippen molar-refractivity contribution in [3.05, 3.63) is 34.3 Å². The molecule has 0 radical (unpaired) electrons. The standard InChI is InChI=1S/C14H20BrNO/c1-17-11-14(8-4-5-9-16-14)10-12-6-2-3-7-13(12)15/h2-3,6-7,16H,4-5,8-11H2,1H3. The van der Waals surface area contributed by atoms with Gasteiger partial charge in [-0.3, -0.25) is 0 Å². The lowest BCUT2D eigenvalue weighted by molar-refractivity contribution is 0.0893. The highest BCUT2D eigenvalue weighted by Crippen LogP contribution is 2.27. The quantitative estimate of drug-likeness (QED) is 0.922. The topological polar surface area (TPSA) is 21.3 Å². The number of piperidine rings is 1. The predicted octanol–water partition coefficient (Wildman–Crippen LogP) is 3.15. The van der Waals surface area contributed by atoms with Crippen molar-refractivity contribution in [3.8, 4) is 0 Å². The Kier molecular flexibility index (Phi) is 4.60. The van der Waals surface area contributed by atoms with Crippen LogP contribution >= 0.6 is 15.9 Å². The summed E-state index contributed by atoms with van der Waals surface area (Å²) in [4.78, 5) is 0. The lowest BCUT2D eigenvalue weighted by Gasteiger charge is -2.38. The summed E-state index contributed by atoms with van der Waals surface area (Å²) in [5.74, 6) is 0. The van der Waals surface area contributed by atoms with E-state index >= 15 is 0 Å². The van der Waals surface area contributed by atoms with Gasteiger partial charge in [-0.2, -0.15) is 0 Å². The zero-order valence-electron chi connectivity index (χ0n) is 10.3. The first kappa shape index (κ1) is 13.1. The van der Waals surface area contributed by atoms with Crippen molar-refractivity contribution in [1.29, 1.82) is 0 Å². The minimum atomic E-state index is 0.122. The second-order valence-corrected chi connectivity index (χ2v) is 5.72. The number of hydrogen-bond acceptors (Lipinski definition) is 2. The van der Waals surface area contributed by atoms with E-state index in [-0.39, 0.29) is 5.54 Å². The molecular formula is C14H20BrNO. The monoisotopic (exact) mass is 297 g/mol. The molecule has 1 aliphatic heterocycles. The van der Waals surface area contributed by atoms with E-state index < -0.39 is 0 Å². The Morgan fingerprint density at radius 1 is 1.35 bits per heavy atom. The maximum absolute atomic E-state index is 5.42. The van der Waals surface area contributed by atoms with Crippen LogP contribution in [0.5, 0.6) is 0 Å². The number of benzene rings is 1. The number of rotatable bonds is 4. The van der Waals surface area contributed by atoms with Gasteiger partial charge in [-0.05, 0) is 37.4 Å². The molecule has 0 amide bonds. The number of ether oxygens (including phenoxy) is 1. The molecule has 0 bridgehead atoms. The molecule has 1 aliphatic rings. The van der Waals surface area contributed by atoms with E-state index in [0.29, 0.717) is 0 Å². The number of hydrogen-bond donors (Lipinski definition) is 1. The molecule has 3 heteroatoms. The molecule has 1 aromatic carbocycles. The van der Waals surface area contributed by atoms with Crippen LogP contribution in [0.1, 0.15) is 24.8 Å². The van der Waals surface area contributed by atoms with Gasteiger partial charge in [0.05, 0.1) is 6.61 Å². The third-order valence-corrected chi connectivity index (χ3v) is 4.26. The van der Waals surface area contributed by atoms with Gasteiger partial charge in [-0.15, -0.1) is 0 Å². The highest BCUT2D eigenvalue weighted by molar-refractivity contribution is 9.10. The molecule has 1 fully saturated rings. The summed E-state index contributed by atoms with van der Waals surface area (Å²) in [5.41, 5.74) is 1.48. The van der Waals surface area contributed by atoms with Crippen LogP contribution in [0.3, 0.4) is 0 Å². The summed E-state index contributed by atoms with van der Waals surface area (Å²) in [7, 11) is 1.79. The van der Waals surface area contributed by atoms with Crippen LogP contribution in [0, 0.1) is 0 Å². The van der Waals surface area contributed by atoms with E-state index in [9.17, 15) is 0 Å². The molecule has 2 nitrogen and oxygen atoms in total. The maximum atomic E-state index is 5.42. The third kappa shape index (κ3) is 3.30. The summed E-state index contributed by atoms with van der Waals surface area (Å²) in [5, 5.41) is 3.66. The summed E-state index contributed by atoms with van der Waals surface area (Å²) in [6.07, 6.45) is 4.80. The molecule has 1 N–H and O–H groups in total. The molecule has 0 aromatic heterocycles. The Labute approximate surface area is 112 Å². The fourth-order valence-electron chi connectivity index (χ4n) is 2.64. The molecule has 1 aromatic rings. The lowest BCUT2D eigenvalue weighted by Crippen LogP contribution is -2.53. The van der Waals surface area contributed by atoms with Gasteiger partial charge in [-0.25, -0.2) is 0 Å². The van der Waals surface area contributed by atoms with Crippen molar-refractivity contribution in [2.75, 3.05) is 20.3 Å². The van der Waals surface area contributed by atoms with Crippen molar-refractivity contribution >= 4 is 15.9 Å². The highest BCUT2D eigenvalue weighted by Gasteiger charge is 2.32. The molecule has 1 saturated heterocycles. The van der Waals surface area contributed by atoms with E-state index in [1.807, 2.05) is 0 Å². The van der Waals surface area contributed by atoms with Crippen molar-refractivity contribution in [3.63, 3.8) is 0 Å². The number of halogens is 1. The zero-order valence-corrected chi connectivity index (χ0v) is 11.9. The maximum Gasteiger partial charge on any atom is 0.0647 e. The van der Waals surface area contributed by atoms with E-state index in [2.05, 4.69) is 45.5 Å². The number of nitrogens with one attached hydrogen (secondary N) is 1. The molecule has 2 rings (SSSR count). The third-order valence-electron chi connectivity index (χ3n) is 3.49. The molecular weight excluding hydrogens is 278 g/mol. The Hall–Kier alpha value is -0.380. The largest absolute Gasteiger partial charge is 0.383 e. The second kappa shape index (κ2) is 5.98. The predicted molar refractivity (Wildman–Crippen MR) is 74.3 cm³/mol. The van der Waals surface area contributed by atoms with Crippen LogP contribution in [0.15, 0.2) is 28.7 Å². The van der Waals surface area contributed by atoms with Crippen LogP contribution in [0.2, 0.25) is 0 Å². The van der Waals surface area contributed by atoms with Crippen LogP contribution < -0.4 is 5.32 Å². The Bertz CT molecular complexity index is 355. The summed E-state index contributed by atoms with van der Waals surface area (Å²) in [6, 6.07) is 8.46. The second-order valence-electron chi connectivity index (χ2n) is 4.87. The SMILES string of the molecule is COCC1(Cc2ccccc2Br)CCCCN1. The van der Waals surface area contributed by atoms with E-state index in [1.54, 1.807) is 7.11 Å². The van der Waals surface area contributed by atoms with E-state index in [0.717, 1.165) is 19.6 Å². The van der Waals surface area contributed by atoms with Crippen molar-refractivity contribution in [1.82, 2.24) is 5.32 Å². The van der Waals surface area contributed by atoms with Gasteiger partial charge >= 0.3 is 0 Å². The van der Waals surface area contributed by atoms with Crippen LogP contribution in [0.25, 0.3) is 0 Å². The minimum Gasteiger partial charge on any atom is -0.383 e. The van der Waals surface area contributed by atoms with Crippen LogP contribution in [-0.2, 0) is 11.2 Å². The molecule has 1 unspecified atom stereocenters. The minimum absolute atomic E-state index is 0.122. The highest BCUT2D eigenvalue weighted by atomic mass is 79.9. The zero-order chi connectivity index (χ0) is 12.1.